The fraction of sp³-hybridized carbons (Fsp3) is 0.583. The number of carbonyl (C=O) groups excluding carboxylic acids is 1. The molecule has 8 heteroatoms. The predicted octanol–water partition coefficient (Wildman–Crippen LogP) is 0.542. The van der Waals surface area contributed by atoms with Crippen molar-refractivity contribution in [3.63, 3.8) is 0 Å². The van der Waals surface area contributed by atoms with E-state index in [-0.39, 0.29) is 17.9 Å². The van der Waals surface area contributed by atoms with Crippen molar-refractivity contribution in [2.24, 2.45) is 0 Å². The molecule has 20 heavy (non-hydrogen) atoms. The molecule has 0 saturated carbocycles. The zero-order valence-electron chi connectivity index (χ0n) is 11.9. The van der Waals surface area contributed by atoms with Gasteiger partial charge in [0.15, 0.2) is 0 Å². The lowest BCUT2D eigenvalue weighted by Gasteiger charge is -2.12. The number of nitrogens with one attached hydrogen (secondary N) is 1. The van der Waals surface area contributed by atoms with Crippen LogP contribution in [0.4, 0.5) is 5.69 Å². The fourth-order valence-electron chi connectivity index (χ4n) is 1.44. The minimum atomic E-state index is -0.305. The van der Waals surface area contributed by atoms with Crippen LogP contribution in [0.25, 0.3) is 0 Å². The molecule has 1 heterocycles. The Bertz CT molecular complexity index is 516. The quantitative estimate of drug-likeness (QED) is 0.726. The van der Waals surface area contributed by atoms with Gasteiger partial charge in [-0.1, -0.05) is 0 Å². The highest BCUT2D eigenvalue weighted by Crippen LogP contribution is 2.15. The Hall–Kier alpha value is -1.41. The highest BCUT2D eigenvalue weighted by Gasteiger charge is 2.09. The fourth-order valence-corrected chi connectivity index (χ4v) is 1.89. The van der Waals surface area contributed by atoms with Crippen molar-refractivity contribution in [1.82, 2.24) is 14.7 Å². The minimum absolute atomic E-state index is 0.199. The molecule has 0 aromatic carbocycles. The average Bonchev–Trinajstić information content (AvgIpc) is 2.42. The van der Waals surface area contributed by atoms with Gasteiger partial charge in [-0.05, 0) is 30.0 Å². The number of hydrogen-bond donors (Lipinski definition) is 1. The Morgan fingerprint density at radius 3 is 2.85 bits per heavy atom. The second-order valence-electron chi connectivity index (χ2n) is 4.46. The maximum absolute atomic E-state index is 12.1. The number of aromatic nitrogens is 2. The van der Waals surface area contributed by atoms with Gasteiger partial charge in [0.2, 0.25) is 0 Å². The van der Waals surface area contributed by atoms with E-state index >= 15 is 0 Å². The van der Waals surface area contributed by atoms with E-state index in [0.717, 1.165) is 6.54 Å². The van der Waals surface area contributed by atoms with Crippen molar-refractivity contribution in [3.05, 3.63) is 21.0 Å². The summed E-state index contributed by atoms with van der Waals surface area (Å²) in [4.78, 5) is 25.0. The minimum Gasteiger partial charge on any atom is -0.469 e. The van der Waals surface area contributed by atoms with Gasteiger partial charge in [0.25, 0.3) is 5.56 Å². The maximum Gasteiger partial charge on any atom is 0.307 e. The Balaban J connectivity index is 2.69. The highest BCUT2D eigenvalue weighted by molar-refractivity contribution is 9.10. The first kappa shape index (κ1) is 16.6. The van der Waals surface area contributed by atoms with Crippen molar-refractivity contribution in [3.8, 4) is 0 Å². The van der Waals surface area contributed by atoms with E-state index in [1.54, 1.807) is 6.20 Å². The molecule has 0 spiro atoms. The van der Waals surface area contributed by atoms with Gasteiger partial charge in [-0.2, -0.15) is 5.10 Å². The van der Waals surface area contributed by atoms with E-state index in [1.165, 1.54) is 11.8 Å². The van der Waals surface area contributed by atoms with E-state index in [2.05, 4.69) is 31.1 Å². The lowest BCUT2D eigenvalue weighted by Crippen LogP contribution is -2.29. The van der Waals surface area contributed by atoms with Gasteiger partial charge < -0.3 is 15.0 Å². The second kappa shape index (κ2) is 8.01. The molecule has 0 unspecified atom stereocenters. The van der Waals surface area contributed by atoms with Crippen LogP contribution in [0.2, 0.25) is 0 Å². The van der Waals surface area contributed by atoms with Crippen LogP contribution in [0.5, 0.6) is 0 Å². The van der Waals surface area contributed by atoms with Crippen LogP contribution in [-0.4, -0.2) is 54.9 Å². The number of esters is 1. The van der Waals surface area contributed by atoms with E-state index in [9.17, 15) is 9.59 Å². The zero-order valence-corrected chi connectivity index (χ0v) is 13.4. The summed E-state index contributed by atoms with van der Waals surface area (Å²) in [5.41, 5.74) is 0.370. The maximum atomic E-state index is 12.1. The number of hydrogen-bond acceptors (Lipinski definition) is 6. The molecule has 1 aromatic rings. The van der Waals surface area contributed by atoms with Crippen LogP contribution >= 0.6 is 15.9 Å². The van der Waals surface area contributed by atoms with Crippen molar-refractivity contribution in [1.29, 1.82) is 0 Å². The molecule has 0 amide bonds. The molecule has 1 aromatic heterocycles. The lowest BCUT2D eigenvalue weighted by molar-refractivity contribution is -0.140. The van der Waals surface area contributed by atoms with Gasteiger partial charge in [-0.25, -0.2) is 4.68 Å². The summed E-state index contributed by atoms with van der Waals surface area (Å²) in [6.45, 7) is 1.63. The summed E-state index contributed by atoms with van der Waals surface area (Å²) in [7, 11) is 5.21. The van der Waals surface area contributed by atoms with Gasteiger partial charge in [-0.3, -0.25) is 9.59 Å². The molecule has 7 nitrogen and oxygen atoms in total. The smallest absolute Gasteiger partial charge is 0.307 e. The van der Waals surface area contributed by atoms with Crippen LogP contribution in [0.3, 0.4) is 0 Å². The monoisotopic (exact) mass is 346 g/mol. The summed E-state index contributed by atoms with van der Waals surface area (Å²) in [6.07, 6.45) is 1.80. The molecule has 0 aliphatic carbocycles. The van der Waals surface area contributed by atoms with Crippen molar-refractivity contribution in [2.75, 3.05) is 39.6 Å². The number of rotatable bonds is 7. The highest BCUT2D eigenvalue weighted by atomic mass is 79.9. The summed E-state index contributed by atoms with van der Waals surface area (Å²) >= 11 is 3.26. The number of halogens is 1. The molecule has 0 saturated heterocycles. The molecule has 0 fully saturated rings. The lowest BCUT2D eigenvalue weighted by atomic mass is 10.4. The molecule has 0 aliphatic rings. The standard InChI is InChI=1S/C12H19BrN4O3/c1-16(2)6-7-17-12(19)11(13)9(8-15-17)14-5-4-10(18)20-3/h8,14H,4-7H2,1-3H3. The first-order valence-electron chi connectivity index (χ1n) is 6.16. The summed E-state index contributed by atoms with van der Waals surface area (Å²) in [6, 6.07) is 0. The van der Waals surface area contributed by atoms with Crippen LogP contribution < -0.4 is 10.9 Å². The first-order chi connectivity index (χ1) is 9.45. The van der Waals surface area contributed by atoms with E-state index in [0.29, 0.717) is 23.2 Å². The van der Waals surface area contributed by atoms with Gasteiger partial charge in [0, 0.05) is 13.1 Å². The van der Waals surface area contributed by atoms with Crippen molar-refractivity contribution in [2.45, 2.75) is 13.0 Å². The predicted molar refractivity (Wildman–Crippen MR) is 79.9 cm³/mol. The molecule has 1 rings (SSSR count). The largest absolute Gasteiger partial charge is 0.469 e. The third-order valence-electron chi connectivity index (χ3n) is 2.62. The Kier molecular flexibility index (Phi) is 6.66. The van der Waals surface area contributed by atoms with Crippen molar-refractivity contribution >= 4 is 27.6 Å². The third-order valence-corrected chi connectivity index (χ3v) is 3.38. The number of likely N-dealkylation sites (N-methyl/N-ethyl adjacent to an activating group) is 1. The van der Waals surface area contributed by atoms with Gasteiger partial charge in [0.05, 0.1) is 32.0 Å². The van der Waals surface area contributed by atoms with Crippen LogP contribution in [-0.2, 0) is 16.1 Å². The summed E-state index contributed by atoms with van der Waals surface area (Å²) < 4.78 is 6.35. The number of nitrogens with zero attached hydrogens (tertiary/aromatic N) is 3. The van der Waals surface area contributed by atoms with E-state index < -0.39 is 0 Å². The number of methoxy groups -OCH3 is 1. The van der Waals surface area contributed by atoms with Gasteiger partial charge in [0.1, 0.15) is 4.47 Å². The van der Waals surface area contributed by atoms with Gasteiger partial charge >= 0.3 is 5.97 Å². The SMILES string of the molecule is COC(=O)CCNc1cnn(CCN(C)C)c(=O)c1Br. The Morgan fingerprint density at radius 1 is 1.55 bits per heavy atom. The topological polar surface area (TPSA) is 76.5 Å². The molecule has 0 atom stereocenters. The average molecular weight is 347 g/mol. The number of anilines is 1. The number of ether oxygens (including phenoxy) is 1. The molecular formula is C12H19BrN4O3. The van der Waals surface area contributed by atoms with Crippen molar-refractivity contribution < 1.29 is 9.53 Å². The van der Waals surface area contributed by atoms with E-state index in [1.807, 2.05) is 19.0 Å². The second-order valence-corrected chi connectivity index (χ2v) is 5.25. The molecule has 0 radical (unpaired) electrons. The zero-order chi connectivity index (χ0) is 15.1. The summed E-state index contributed by atoms with van der Waals surface area (Å²) in [5.74, 6) is -0.305. The summed E-state index contributed by atoms with van der Waals surface area (Å²) in [5, 5.41) is 7.07. The van der Waals surface area contributed by atoms with E-state index in [4.69, 9.17) is 0 Å². The Morgan fingerprint density at radius 2 is 2.25 bits per heavy atom. The Labute approximate surface area is 126 Å². The van der Waals surface area contributed by atoms with Gasteiger partial charge in [-0.15, -0.1) is 0 Å². The molecule has 112 valence electrons. The normalized spacial score (nSPS) is 10.7. The third kappa shape index (κ3) is 4.93. The van der Waals surface area contributed by atoms with Crippen LogP contribution in [0.1, 0.15) is 6.42 Å². The molecule has 0 aliphatic heterocycles. The molecule has 0 bridgehead atoms. The molecular weight excluding hydrogens is 328 g/mol. The van der Waals surface area contributed by atoms with Crippen LogP contribution in [0, 0.1) is 0 Å². The molecule has 1 N–H and O–H groups in total. The van der Waals surface area contributed by atoms with Crippen LogP contribution in [0.15, 0.2) is 15.5 Å². The number of carbonyl (C=O) groups is 1. The first-order valence-corrected chi connectivity index (χ1v) is 6.96.